The van der Waals surface area contributed by atoms with Crippen LogP contribution in [-0.2, 0) is 4.79 Å². The number of nitrogens with zero attached hydrogens (tertiary/aromatic N) is 1. The minimum absolute atomic E-state index is 0.0129. The van der Waals surface area contributed by atoms with Crippen molar-refractivity contribution < 1.29 is 4.79 Å². The molecule has 0 spiro atoms. The van der Waals surface area contributed by atoms with Crippen LogP contribution in [0, 0.1) is 0 Å². The third-order valence-electron chi connectivity index (χ3n) is 1.76. The maximum Gasteiger partial charge on any atom is 0.225 e. The van der Waals surface area contributed by atoms with Gasteiger partial charge in [0, 0.05) is 12.6 Å². The number of aromatic nitrogens is 1. The summed E-state index contributed by atoms with van der Waals surface area (Å²) in [6.45, 7) is 0.857. The van der Waals surface area contributed by atoms with E-state index in [4.69, 9.17) is 0 Å². The van der Waals surface area contributed by atoms with E-state index in [0.717, 1.165) is 13.0 Å². The third kappa shape index (κ3) is 4.00. The molecule has 0 atom stereocenters. The molecule has 0 radical (unpaired) electrons. The predicted molar refractivity (Wildman–Crippen MR) is 56.0 cm³/mol. The highest BCUT2D eigenvalue weighted by atomic mass is 16.1. The Morgan fingerprint density at radius 1 is 1.50 bits per heavy atom. The molecule has 0 fully saturated rings. The number of anilines is 1. The van der Waals surface area contributed by atoms with Crippen LogP contribution in [0.4, 0.5) is 5.82 Å². The maximum atomic E-state index is 11.3. The second-order valence-corrected chi connectivity index (χ2v) is 2.97. The van der Waals surface area contributed by atoms with Crippen molar-refractivity contribution in [3.8, 4) is 0 Å². The molecule has 4 heteroatoms. The predicted octanol–water partition coefficient (Wildman–Crippen LogP) is 1.02. The molecule has 14 heavy (non-hydrogen) atoms. The molecule has 1 rings (SSSR count). The summed E-state index contributed by atoms with van der Waals surface area (Å²) in [5.41, 5.74) is 0. The highest BCUT2D eigenvalue weighted by Crippen LogP contribution is 2.01. The largest absolute Gasteiger partial charge is 0.320 e. The van der Waals surface area contributed by atoms with Crippen molar-refractivity contribution >= 4 is 11.7 Å². The van der Waals surface area contributed by atoms with Gasteiger partial charge in [0.05, 0.1) is 0 Å². The van der Waals surface area contributed by atoms with Gasteiger partial charge in [-0.25, -0.2) is 4.98 Å². The molecule has 1 amide bonds. The van der Waals surface area contributed by atoms with Gasteiger partial charge in [0.15, 0.2) is 0 Å². The van der Waals surface area contributed by atoms with Crippen LogP contribution in [0.5, 0.6) is 0 Å². The molecule has 0 saturated heterocycles. The van der Waals surface area contributed by atoms with Crippen LogP contribution in [0.15, 0.2) is 24.4 Å². The van der Waals surface area contributed by atoms with Crippen LogP contribution in [0.25, 0.3) is 0 Å². The van der Waals surface area contributed by atoms with Gasteiger partial charge in [-0.05, 0) is 32.1 Å². The molecule has 0 aliphatic carbocycles. The van der Waals surface area contributed by atoms with Crippen LogP contribution in [0.3, 0.4) is 0 Å². The molecular formula is C10H15N3O. The average molecular weight is 193 g/mol. The van der Waals surface area contributed by atoms with Gasteiger partial charge in [-0.2, -0.15) is 0 Å². The molecule has 0 aromatic carbocycles. The zero-order chi connectivity index (χ0) is 10.2. The second-order valence-electron chi connectivity index (χ2n) is 2.97. The molecule has 0 bridgehead atoms. The SMILES string of the molecule is CNCCCC(=O)Nc1ccccn1. The summed E-state index contributed by atoms with van der Waals surface area (Å²) in [6, 6.07) is 5.43. The fraction of sp³-hybridized carbons (Fsp3) is 0.400. The van der Waals surface area contributed by atoms with Gasteiger partial charge in [0.1, 0.15) is 5.82 Å². The number of carbonyl (C=O) groups is 1. The Kier molecular flexibility index (Phi) is 4.64. The van der Waals surface area contributed by atoms with Gasteiger partial charge in [-0.1, -0.05) is 6.07 Å². The lowest BCUT2D eigenvalue weighted by molar-refractivity contribution is -0.116. The molecule has 0 aliphatic heterocycles. The van der Waals surface area contributed by atoms with E-state index in [1.165, 1.54) is 0 Å². The molecule has 2 N–H and O–H groups in total. The van der Waals surface area contributed by atoms with Crippen molar-refractivity contribution in [2.24, 2.45) is 0 Å². The number of amides is 1. The number of hydrogen-bond donors (Lipinski definition) is 2. The molecule has 76 valence electrons. The van der Waals surface area contributed by atoms with E-state index >= 15 is 0 Å². The summed E-state index contributed by atoms with van der Waals surface area (Å²) in [4.78, 5) is 15.3. The zero-order valence-electron chi connectivity index (χ0n) is 8.29. The lowest BCUT2D eigenvalue weighted by Gasteiger charge is -2.03. The van der Waals surface area contributed by atoms with Crippen molar-refractivity contribution in [2.75, 3.05) is 18.9 Å². The lowest BCUT2D eigenvalue weighted by atomic mass is 10.3. The minimum Gasteiger partial charge on any atom is -0.320 e. The number of nitrogens with one attached hydrogen (secondary N) is 2. The van der Waals surface area contributed by atoms with Crippen LogP contribution in [0.1, 0.15) is 12.8 Å². The minimum atomic E-state index is 0.0129. The van der Waals surface area contributed by atoms with Gasteiger partial charge in [0.2, 0.25) is 5.91 Å². The number of carbonyl (C=O) groups excluding carboxylic acids is 1. The van der Waals surface area contributed by atoms with E-state index in [-0.39, 0.29) is 5.91 Å². The Morgan fingerprint density at radius 2 is 2.36 bits per heavy atom. The summed E-state index contributed by atoms with van der Waals surface area (Å²) >= 11 is 0. The van der Waals surface area contributed by atoms with Crippen molar-refractivity contribution in [1.82, 2.24) is 10.3 Å². The first kappa shape index (κ1) is 10.7. The third-order valence-corrected chi connectivity index (χ3v) is 1.76. The first-order chi connectivity index (χ1) is 6.83. The van der Waals surface area contributed by atoms with Crippen LogP contribution in [-0.4, -0.2) is 24.5 Å². The van der Waals surface area contributed by atoms with Gasteiger partial charge >= 0.3 is 0 Å². The Bertz CT molecular complexity index is 274. The molecular weight excluding hydrogens is 178 g/mol. The van der Waals surface area contributed by atoms with Crippen molar-refractivity contribution in [3.63, 3.8) is 0 Å². The summed E-state index contributed by atoms with van der Waals surface area (Å²) in [6.07, 6.45) is 3.02. The summed E-state index contributed by atoms with van der Waals surface area (Å²) in [7, 11) is 1.87. The lowest BCUT2D eigenvalue weighted by Crippen LogP contribution is -2.15. The molecule has 1 aromatic heterocycles. The Hall–Kier alpha value is -1.42. The van der Waals surface area contributed by atoms with E-state index in [1.54, 1.807) is 12.3 Å². The van der Waals surface area contributed by atoms with Gasteiger partial charge in [-0.3, -0.25) is 4.79 Å². The number of hydrogen-bond acceptors (Lipinski definition) is 3. The van der Waals surface area contributed by atoms with Crippen LogP contribution >= 0.6 is 0 Å². The van der Waals surface area contributed by atoms with Crippen molar-refractivity contribution in [3.05, 3.63) is 24.4 Å². The smallest absolute Gasteiger partial charge is 0.225 e. The van der Waals surface area contributed by atoms with Crippen molar-refractivity contribution in [2.45, 2.75) is 12.8 Å². The second kappa shape index (κ2) is 6.10. The Morgan fingerprint density at radius 3 is 3.00 bits per heavy atom. The Balaban J connectivity index is 2.27. The molecule has 0 saturated carbocycles. The molecule has 1 aromatic rings. The van der Waals surface area contributed by atoms with Gasteiger partial charge in [0.25, 0.3) is 0 Å². The standard InChI is InChI=1S/C10H15N3O/c1-11-7-4-6-10(14)13-9-5-2-3-8-12-9/h2-3,5,8,11H,4,6-7H2,1H3,(H,12,13,14). The first-order valence-electron chi connectivity index (χ1n) is 4.68. The summed E-state index contributed by atoms with van der Waals surface area (Å²) in [5.74, 6) is 0.626. The van der Waals surface area contributed by atoms with Gasteiger partial charge in [-0.15, -0.1) is 0 Å². The normalized spacial score (nSPS) is 9.79. The van der Waals surface area contributed by atoms with E-state index in [2.05, 4.69) is 15.6 Å². The summed E-state index contributed by atoms with van der Waals surface area (Å²) < 4.78 is 0. The quantitative estimate of drug-likeness (QED) is 0.686. The summed E-state index contributed by atoms with van der Waals surface area (Å²) in [5, 5.41) is 5.71. The van der Waals surface area contributed by atoms with E-state index < -0.39 is 0 Å². The fourth-order valence-corrected chi connectivity index (χ4v) is 1.07. The Labute approximate surface area is 83.7 Å². The van der Waals surface area contributed by atoms with E-state index in [1.807, 2.05) is 19.2 Å². The van der Waals surface area contributed by atoms with Gasteiger partial charge < -0.3 is 10.6 Å². The monoisotopic (exact) mass is 193 g/mol. The number of rotatable bonds is 5. The first-order valence-corrected chi connectivity index (χ1v) is 4.68. The highest BCUT2D eigenvalue weighted by molar-refractivity contribution is 5.89. The fourth-order valence-electron chi connectivity index (χ4n) is 1.07. The van der Waals surface area contributed by atoms with Crippen molar-refractivity contribution in [1.29, 1.82) is 0 Å². The maximum absolute atomic E-state index is 11.3. The average Bonchev–Trinajstić information content (AvgIpc) is 2.20. The molecule has 0 unspecified atom stereocenters. The molecule has 1 heterocycles. The molecule has 4 nitrogen and oxygen atoms in total. The van der Waals surface area contributed by atoms with E-state index in [0.29, 0.717) is 12.2 Å². The molecule has 0 aliphatic rings. The number of pyridine rings is 1. The van der Waals surface area contributed by atoms with Crippen LogP contribution in [0.2, 0.25) is 0 Å². The highest BCUT2D eigenvalue weighted by Gasteiger charge is 2.01. The van der Waals surface area contributed by atoms with E-state index in [9.17, 15) is 4.79 Å². The zero-order valence-corrected chi connectivity index (χ0v) is 8.29. The topological polar surface area (TPSA) is 54.0 Å². The van der Waals surface area contributed by atoms with Crippen LogP contribution < -0.4 is 10.6 Å².